The number of carbonyl (C=O) groups is 1. The monoisotopic (exact) mass is 235 g/mol. The molecule has 0 radical (unpaired) electrons. The van der Waals surface area contributed by atoms with Crippen molar-refractivity contribution in [2.24, 2.45) is 0 Å². The molecule has 0 saturated carbocycles. The number of nitrogens with one attached hydrogen (secondary N) is 1. The molecule has 0 amide bonds. The minimum absolute atomic E-state index is 0.173. The molecule has 0 fully saturated rings. The quantitative estimate of drug-likeness (QED) is 0.719. The molecular weight excluding hydrogens is 226 g/mol. The summed E-state index contributed by atoms with van der Waals surface area (Å²) in [4.78, 5) is 25.1. The van der Waals surface area contributed by atoms with E-state index in [-0.39, 0.29) is 10.9 Å². The molecule has 0 aliphatic rings. The molecule has 17 heavy (non-hydrogen) atoms. The third kappa shape index (κ3) is 1.59. The fourth-order valence-corrected chi connectivity index (χ4v) is 1.60. The SMILES string of the molecule is COc1cccc2c(=O)c(O)c(C(=O)O)[nH]c12. The highest BCUT2D eigenvalue weighted by atomic mass is 16.5. The van der Waals surface area contributed by atoms with Crippen LogP contribution in [0.15, 0.2) is 23.0 Å². The smallest absolute Gasteiger partial charge is 0.356 e. The van der Waals surface area contributed by atoms with Gasteiger partial charge in [-0.05, 0) is 12.1 Å². The van der Waals surface area contributed by atoms with Gasteiger partial charge in [0, 0.05) is 0 Å². The van der Waals surface area contributed by atoms with Gasteiger partial charge in [-0.25, -0.2) is 4.79 Å². The number of ether oxygens (including phenoxy) is 1. The van der Waals surface area contributed by atoms with E-state index in [1.54, 1.807) is 12.1 Å². The van der Waals surface area contributed by atoms with E-state index < -0.39 is 22.8 Å². The second-order valence-electron chi connectivity index (χ2n) is 3.37. The summed E-state index contributed by atoms with van der Waals surface area (Å²) in [5.41, 5.74) is -1.04. The summed E-state index contributed by atoms with van der Waals surface area (Å²) in [5.74, 6) is -1.88. The van der Waals surface area contributed by atoms with Crippen molar-refractivity contribution in [3.05, 3.63) is 34.1 Å². The van der Waals surface area contributed by atoms with Crippen LogP contribution in [-0.2, 0) is 0 Å². The minimum atomic E-state index is -1.41. The van der Waals surface area contributed by atoms with Gasteiger partial charge in [0.15, 0.2) is 11.4 Å². The molecule has 88 valence electrons. The zero-order valence-electron chi connectivity index (χ0n) is 8.85. The van der Waals surface area contributed by atoms with E-state index in [0.29, 0.717) is 5.75 Å². The predicted molar refractivity (Wildman–Crippen MR) is 59.7 cm³/mol. The highest BCUT2D eigenvalue weighted by Gasteiger charge is 2.17. The van der Waals surface area contributed by atoms with Crippen LogP contribution in [0.3, 0.4) is 0 Å². The van der Waals surface area contributed by atoms with Crippen molar-refractivity contribution in [3.8, 4) is 11.5 Å². The molecule has 6 heteroatoms. The molecule has 0 atom stereocenters. The second-order valence-corrected chi connectivity index (χ2v) is 3.37. The number of methoxy groups -OCH3 is 1. The second kappa shape index (κ2) is 3.82. The van der Waals surface area contributed by atoms with E-state index in [1.165, 1.54) is 13.2 Å². The summed E-state index contributed by atoms with van der Waals surface area (Å²) < 4.78 is 5.01. The van der Waals surface area contributed by atoms with Gasteiger partial charge in [-0.2, -0.15) is 0 Å². The van der Waals surface area contributed by atoms with Gasteiger partial charge < -0.3 is 19.9 Å². The number of hydrogen-bond donors (Lipinski definition) is 3. The zero-order valence-corrected chi connectivity index (χ0v) is 8.85. The number of benzene rings is 1. The summed E-state index contributed by atoms with van der Waals surface area (Å²) in [6, 6.07) is 4.64. The van der Waals surface area contributed by atoms with Crippen LogP contribution in [0.25, 0.3) is 10.9 Å². The van der Waals surface area contributed by atoms with E-state index in [1.807, 2.05) is 0 Å². The fourth-order valence-electron chi connectivity index (χ4n) is 1.60. The number of aromatic nitrogens is 1. The van der Waals surface area contributed by atoms with Crippen LogP contribution < -0.4 is 10.2 Å². The summed E-state index contributed by atoms with van der Waals surface area (Å²) in [5, 5.41) is 18.5. The molecule has 1 aromatic heterocycles. The van der Waals surface area contributed by atoms with Gasteiger partial charge in [0.1, 0.15) is 5.75 Å². The van der Waals surface area contributed by atoms with Gasteiger partial charge in [-0.3, -0.25) is 4.79 Å². The Kier molecular flexibility index (Phi) is 2.47. The highest BCUT2D eigenvalue weighted by molar-refractivity contribution is 5.94. The molecule has 2 aromatic rings. The molecule has 0 bridgehead atoms. The van der Waals surface area contributed by atoms with E-state index in [9.17, 15) is 14.7 Å². The maximum Gasteiger partial charge on any atom is 0.356 e. The number of carboxylic acids is 1. The average Bonchev–Trinajstić information content (AvgIpc) is 2.32. The molecule has 1 aromatic carbocycles. The van der Waals surface area contributed by atoms with E-state index in [0.717, 1.165) is 0 Å². The minimum Gasteiger partial charge on any atom is -0.502 e. The van der Waals surface area contributed by atoms with Crippen molar-refractivity contribution in [1.82, 2.24) is 4.98 Å². The van der Waals surface area contributed by atoms with Crippen molar-refractivity contribution < 1.29 is 19.7 Å². The van der Waals surface area contributed by atoms with Crippen LogP contribution in [0.2, 0.25) is 0 Å². The summed E-state index contributed by atoms with van der Waals surface area (Å²) in [6.07, 6.45) is 0. The molecule has 0 spiro atoms. The molecule has 6 nitrogen and oxygen atoms in total. The number of aromatic amines is 1. The first-order valence-corrected chi connectivity index (χ1v) is 4.71. The number of rotatable bonds is 2. The number of H-pyrrole nitrogens is 1. The molecule has 3 N–H and O–H groups in total. The van der Waals surface area contributed by atoms with Crippen molar-refractivity contribution in [2.75, 3.05) is 7.11 Å². The molecule has 0 aliphatic heterocycles. The van der Waals surface area contributed by atoms with E-state index in [4.69, 9.17) is 9.84 Å². The molecule has 0 aliphatic carbocycles. The Hall–Kier alpha value is -2.50. The molecule has 0 unspecified atom stereocenters. The maximum atomic E-state index is 11.7. The first kappa shape index (κ1) is 11.0. The van der Waals surface area contributed by atoms with Gasteiger partial charge in [-0.1, -0.05) is 6.07 Å². The van der Waals surface area contributed by atoms with Crippen molar-refractivity contribution in [2.45, 2.75) is 0 Å². The normalized spacial score (nSPS) is 10.4. The Morgan fingerprint density at radius 1 is 1.41 bits per heavy atom. The molecule has 1 heterocycles. The third-order valence-corrected chi connectivity index (χ3v) is 2.41. The zero-order chi connectivity index (χ0) is 12.6. The van der Waals surface area contributed by atoms with Gasteiger partial charge in [0.2, 0.25) is 5.43 Å². The number of aromatic carboxylic acids is 1. The van der Waals surface area contributed by atoms with Crippen molar-refractivity contribution in [1.29, 1.82) is 0 Å². The lowest BCUT2D eigenvalue weighted by atomic mass is 10.1. The third-order valence-electron chi connectivity index (χ3n) is 2.41. The van der Waals surface area contributed by atoms with Crippen LogP contribution in [0.4, 0.5) is 0 Å². The lowest BCUT2D eigenvalue weighted by molar-refractivity contribution is 0.0687. The Morgan fingerprint density at radius 3 is 2.71 bits per heavy atom. The van der Waals surface area contributed by atoms with Crippen LogP contribution in [0.1, 0.15) is 10.5 Å². The van der Waals surface area contributed by atoms with Gasteiger partial charge in [0.25, 0.3) is 0 Å². The summed E-state index contributed by atoms with van der Waals surface area (Å²) in [6.45, 7) is 0. The van der Waals surface area contributed by atoms with E-state index in [2.05, 4.69) is 4.98 Å². The van der Waals surface area contributed by atoms with Crippen LogP contribution in [-0.4, -0.2) is 28.3 Å². The Balaban J connectivity index is 2.96. The number of carboxylic acid groups (broad SMARTS) is 1. The van der Waals surface area contributed by atoms with Crippen LogP contribution in [0, 0.1) is 0 Å². The van der Waals surface area contributed by atoms with E-state index >= 15 is 0 Å². The first-order chi connectivity index (χ1) is 8.06. The Bertz CT molecular complexity index is 659. The molecule has 2 rings (SSSR count). The number of para-hydroxylation sites is 1. The van der Waals surface area contributed by atoms with Crippen LogP contribution >= 0.6 is 0 Å². The largest absolute Gasteiger partial charge is 0.502 e. The lowest BCUT2D eigenvalue weighted by Gasteiger charge is -2.07. The van der Waals surface area contributed by atoms with Crippen LogP contribution in [0.5, 0.6) is 11.5 Å². The summed E-state index contributed by atoms with van der Waals surface area (Å²) >= 11 is 0. The Labute approximate surface area is 95.1 Å². The van der Waals surface area contributed by atoms with Gasteiger partial charge in [0.05, 0.1) is 18.0 Å². The Morgan fingerprint density at radius 2 is 2.12 bits per heavy atom. The number of aromatic hydroxyl groups is 1. The standard InChI is InChI=1S/C11H9NO5/c1-17-6-4-2-3-5-7(6)12-8(11(15)16)10(14)9(5)13/h2-4,14H,1H3,(H,12,13)(H,15,16). The average molecular weight is 235 g/mol. The van der Waals surface area contributed by atoms with Crippen molar-refractivity contribution in [3.63, 3.8) is 0 Å². The van der Waals surface area contributed by atoms with Gasteiger partial charge in [-0.15, -0.1) is 0 Å². The molecular formula is C11H9NO5. The highest BCUT2D eigenvalue weighted by Crippen LogP contribution is 2.24. The number of pyridine rings is 1. The topological polar surface area (TPSA) is 99.6 Å². The first-order valence-electron chi connectivity index (χ1n) is 4.71. The van der Waals surface area contributed by atoms with Gasteiger partial charge >= 0.3 is 5.97 Å². The fraction of sp³-hybridized carbons (Fsp3) is 0.0909. The summed E-state index contributed by atoms with van der Waals surface area (Å²) in [7, 11) is 1.40. The lowest BCUT2D eigenvalue weighted by Crippen LogP contribution is -2.11. The van der Waals surface area contributed by atoms with Crippen molar-refractivity contribution >= 4 is 16.9 Å². The predicted octanol–water partition coefficient (Wildman–Crippen LogP) is 0.940. The number of fused-ring (bicyclic) bond motifs is 1. The number of hydrogen-bond acceptors (Lipinski definition) is 4. The maximum absolute atomic E-state index is 11.7. The molecule has 0 saturated heterocycles.